The van der Waals surface area contributed by atoms with Gasteiger partial charge < -0.3 is 5.32 Å². The minimum atomic E-state index is -0.00871. The normalized spacial score (nSPS) is 17.9. The van der Waals surface area contributed by atoms with E-state index < -0.39 is 0 Å². The molecule has 1 aromatic heterocycles. The van der Waals surface area contributed by atoms with Crippen molar-refractivity contribution >= 4 is 21.8 Å². The fourth-order valence-electron chi connectivity index (χ4n) is 2.93. The van der Waals surface area contributed by atoms with Gasteiger partial charge in [-0.3, -0.25) is 9.48 Å². The first kappa shape index (κ1) is 15.5. The van der Waals surface area contributed by atoms with Crippen molar-refractivity contribution in [2.75, 3.05) is 11.9 Å². The van der Waals surface area contributed by atoms with Gasteiger partial charge in [0, 0.05) is 18.9 Å². The van der Waals surface area contributed by atoms with Gasteiger partial charge in [0.25, 0.3) is 5.91 Å². The van der Waals surface area contributed by atoms with Crippen molar-refractivity contribution in [1.29, 1.82) is 0 Å². The zero-order valence-corrected chi connectivity index (χ0v) is 14.0. The third kappa shape index (κ3) is 3.43. The molecule has 1 fully saturated rings. The predicted molar refractivity (Wildman–Crippen MR) is 84.2 cm³/mol. The van der Waals surface area contributed by atoms with Crippen molar-refractivity contribution in [3.63, 3.8) is 0 Å². The topological polar surface area (TPSA) is 46.9 Å². The quantitative estimate of drug-likeness (QED) is 0.836. The Labute approximate surface area is 129 Å². The zero-order valence-electron chi connectivity index (χ0n) is 12.4. The van der Waals surface area contributed by atoms with Crippen LogP contribution in [0.3, 0.4) is 0 Å². The molecule has 0 aromatic carbocycles. The average molecular weight is 342 g/mol. The van der Waals surface area contributed by atoms with Crippen molar-refractivity contribution in [2.24, 2.45) is 12.5 Å². The predicted octanol–water partition coefficient (Wildman–Crippen LogP) is 3.06. The van der Waals surface area contributed by atoms with Gasteiger partial charge in [-0.15, -0.1) is 0 Å². The number of nitrogens with one attached hydrogen (secondary N) is 1. The van der Waals surface area contributed by atoms with Gasteiger partial charge in [-0.05, 0) is 30.7 Å². The Morgan fingerprint density at radius 3 is 2.70 bits per heavy atom. The Kier molecular flexibility index (Phi) is 5.24. The lowest BCUT2D eigenvalue weighted by Gasteiger charge is -2.35. The molecule has 4 nitrogen and oxygen atoms in total. The lowest BCUT2D eigenvalue weighted by molar-refractivity contribution is 0.0912. The molecule has 1 heterocycles. The lowest BCUT2D eigenvalue weighted by Crippen LogP contribution is -2.40. The summed E-state index contributed by atoms with van der Waals surface area (Å²) >= 11 is 3.64. The molecule has 1 aromatic rings. The second kappa shape index (κ2) is 6.74. The number of aryl methyl sites for hydroxylation is 2. The molecule has 0 radical (unpaired) electrons. The number of amides is 1. The molecule has 5 heteroatoms. The van der Waals surface area contributed by atoms with Crippen molar-refractivity contribution in [1.82, 2.24) is 15.1 Å². The summed E-state index contributed by atoms with van der Waals surface area (Å²) in [6.45, 7) is 2.80. The van der Waals surface area contributed by atoms with Crippen LogP contribution in [-0.2, 0) is 13.5 Å². The Balaban J connectivity index is 1.98. The fraction of sp³-hybridized carbons (Fsp3) is 0.733. The maximum Gasteiger partial charge on any atom is 0.269 e. The monoisotopic (exact) mass is 341 g/mol. The van der Waals surface area contributed by atoms with E-state index in [0.717, 1.165) is 24.0 Å². The molecule has 1 amide bonds. The average Bonchev–Trinajstić information content (AvgIpc) is 2.87. The van der Waals surface area contributed by atoms with E-state index >= 15 is 0 Å². The molecule has 1 saturated carbocycles. The van der Waals surface area contributed by atoms with Crippen molar-refractivity contribution in [2.45, 2.75) is 45.4 Å². The first-order valence-electron chi connectivity index (χ1n) is 7.47. The standard InChI is InChI=1S/C15H24BrN3O/c1-3-12-9-13(19(2)18-12)14(20)17-11-15(10-16)7-5-4-6-8-15/h9H,3-8,10-11H2,1-2H3,(H,17,20). The summed E-state index contributed by atoms with van der Waals surface area (Å²) < 4.78 is 1.68. The number of halogens is 1. The first-order valence-corrected chi connectivity index (χ1v) is 8.59. The van der Waals surface area contributed by atoms with Gasteiger partial charge in [0.2, 0.25) is 0 Å². The number of carbonyl (C=O) groups is 1. The fourth-order valence-corrected chi connectivity index (χ4v) is 3.69. The number of alkyl halides is 1. The highest BCUT2D eigenvalue weighted by molar-refractivity contribution is 9.09. The van der Waals surface area contributed by atoms with Gasteiger partial charge in [-0.25, -0.2) is 0 Å². The summed E-state index contributed by atoms with van der Waals surface area (Å²) in [4.78, 5) is 12.3. The molecule has 0 bridgehead atoms. The van der Waals surface area contributed by atoms with E-state index in [4.69, 9.17) is 0 Å². The van der Waals surface area contributed by atoms with Crippen LogP contribution in [0.5, 0.6) is 0 Å². The Morgan fingerprint density at radius 2 is 2.15 bits per heavy atom. The van der Waals surface area contributed by atoms with Gasteiger partial charge in [0.1, 0.15) is 5.69 Å². The van der Waals surface area contributed by atoms with Crippen LogP contribution in [0.15, 0.2) is 6.07 Å². The summed E-state index contributed by atoms with van der Waals surface area (Å²) in [5.41, 5.74) is 1.85. The van der Waals surface area contributed by atoms with Crippen LogP contribution in [0, 0.1) is 5.41 Å². The third-order valence-electron chi connectivity index (χ3n) is 4.35. The molecule has 0 aliphatic heterocycles. The molecule has 2 rings (SSSR count). The largest absolute Gasteiger partial charge is 0.350 e. The van der Waals surface area contributed by atoms with Crippen LogP contribution in [0.1, 0.15) is 55.2 Å². The molecule has 0 unspecified atom stereocenters. The van der Waals surface area contributed by atoms with E-state index in [-0.39, 0.29) is 11.3 Å². The van der Waals surface area contributed by atoms with Gasteiger partial charge in [0.05, 0.1) is 5.69 Å². The Morgan fingerprint density at radius 1 is 1.45 bits per heavy atom. The molecule has 1 aliphatic carbocycles. The maximum atomic E-state index is 12.3. The van der Waals surface area contributed by atoms with E-state index in [2.05, 4.69) is 26.3 Å². The van der Waals surface area contributed by atoms with Gasteiger partial charge in [0.15, 0.2) is 0 Å². The minimum absolute atomic E-state index is 0.00871. The summed E-state index contributed by atoms with van der Waals surface area (Å²) in [6.07, 6.45) is 7.12. The highest BCUT2D eigenvalue weighted by Gasteiger charge is 2.31. The van der Waals surface area contributed by atoms with Gasteiger partial charge >= 0.3 is 0 Å². The Hall–Kier alpha value is -0.840. The summed E-state index contributed by atoms with van der Waals surface area (Å²) in [6, 6.07) is 1.89. The van der Waals surface area contributed by atoms with Crippen LogP contribution >= 0.6 is 15.9 Å². The molecular weight excluding hydrogens is 318 g/mol. The minimum Gasteiger partial charge on any atom is -0.350 e. The summed E-state index contributed by atoms with van der Waals surface area (Å²) in [5.74, 6) is -0.00871. The Bertz CT molecular complexity index is 464. The van der Waals surface area contributed by atoms with E-state index in [1.54, 1.807) is 4.68 Å². The number of carbonyl (C=O) groups excluding carboxylic acids is 1. The molecule has 0 spiro atoms. The van der Waals surface area contributed by atoms with Crippen LogP contribution in [0.4, 0.5) is 0 Å². The van der Waals surface area contributed by atoms with Crippen LogP contribution in [-0.4, -0.2) is 27.6 Å². The molecule has 0 atom stereocenters. The molecule has 0 saturated heterocycles. The second-order valence-electron chi connectivity index (χ2n) is 5.88. The van der Waals surface area contributed by atoms with Gasteiger partial charge in [-0.1, -0.05) is 42.1 Å². The zero-order chi connectivity index (χ0) is 14.6. The molecule has 1 aliphatic rings. The SMILES string of the molecule is CCc1cc(C(=O)NCC2(CBr)CCCCC2)n(C)n1. The number of aromatic nitrogens is 2. The molecule has 112 valence electrons. The second-order valence-corrected chi connectivity index (χ2v) is 6.44. The smallest absolute Gasteiger partial charge is 0.269 e. The number of hydrogen-bond acceptors (Lipinski definition) is 2. The van der Waals surface area contributed by atoms with Crippen molar-refractivity contribution in [3.05, 3.63) is 17.5 Å². The third-order valence-corrected chi connectivity index (χ3v) is 5.54. The lowest BCUT2D eigenvalue weighted by atomic mass is 9.75. The number of hydrogen-bond donors (Lipinski definition) is 1. The van der Waals surface area contributed by atoms with Gasteiger partial charge in [-0.2, -0.15) is 5.10 Å². The van der Waals surface area contributed by atoms with E-state index in [9.17, 15) is 4.79 Å². The van der Waals surface area contributed by atoms with Crippen molar-refractivity contribution < 1.29 is 4.79 Å². The maximum absolute atomic E-state index is 12.3. The molecule has 1 N–H and O–H groups in total. The van der Waals surface area contributed by atoms with Crippen LogP contribution in [0.2, 0.25) is 0 Å². The van der Waals surface area contributed by atoms with Crippen molar-refractivity contribution in [3.8, 4) is 0 Å². The molecule has 20 heavy (non-hydrogen) atoms. The number of nitrogens with zero attached hydrogens (tertiary/aromatic N) is 2. The van der Waals surface area contributed by atoms with E-state index in [1.807, 2.05) is 20.0 Å². The highest BCUT2D eigenvalue weighted by Crippen LogP contribution is 2.37. The summed E-state index contributed by atoms with van der Waals surface area (Å²) in [7, 11) is 1.83. The van der Waals surface area contributed by atoms with E-state index in [0.29, 0.717) is 5.69 Å². The first-order chi connectivity index (χ1) is 9.60. The van der Waals surface area contributed by atoms with Crippen LogP contribution in [0.25, 0.3) is 0 Å². The highest BCUT2D eigenvalue weighted by atomic mass is 79.9. The summed E-state index contributed by atoms with van der Waals surface area (Å²) in [5, 5.41) is 8.40. The molecular formula is C15H24BrN3O. The van der Waals surface area contributed by atoms with Crippen LogP contribution < -0.4 is 5.32 Å². The number of rotatable bonds is 5. The van der Waals surface area contributed by atoms with E-state index in [1.165, 1.54) is 32.1 Å².